The smallest absolute Gasteiger partial charge is 0.405 e. The topological polar surface area (TPSA) is 58.6 Å². The number of carbonyl (C=O) groups is 1. The van der Waals surface area contributed by atoms with Crippen molar-refractivity contribution in [1.82, 2.24) is 5.32 Å². The molecule has 20 heavy (non-hydrogen) atoms. The normalized spacial score (nSPS) is 12.1. The molecule has 0 aliphatic carbocycles. The first kappa shape index (κ1) is 16.3. The number of hydrogen-bond donors (Lipinski definition) is 2. The average Bonchev–Trinajstić information content (AvgIpc) is 2.32. The van der Waals surface area contributed by atoms with E-state index in [9.17, 15) is 23.1 Å². The quantitative estimate of drug-likeness (QED) is 0.872. The van der Waals surface area contributed by atoms with Gasteiger partial charge in [-0.15, -0.1) is 0 Å². The lowest BCUT2D eigenvalue weighted by Crippen LogP contribution is -2.36. The third kappa shape index (κ3) is 5.92. The number of carbonyl (C=O) groups excluding carboxylic acids is 1. The molecule has 1 amide bonds. The molecule has 0 aromatic heterocycles. The number of nitrogens with one attached hydrogen (secondary N) is 1. The van der Waals surface area contributed by atoms with Crippen molar-refractivity contribution in [1.29, 1.82) is 0 Å². The van der Waals surface area contributed by atoms with Crippen LogP contribution in [-0.4, -0.2) is 30.3 Å². The first-order valence-electron chi connectivity index (χ1n) is 5.87. The van der Waals surface area contributed by atoms with Gasteiger partial charge >= 0.3 is 6.18 Å². The Hall–Kier alpha value is -1.76. The molecule has 0 fully saturated rings. The molecule has 1 aromatic rings. The molecule has 0 atom stereocenters. The number of hydrogen-bond acceptors (Lipinski definition) is 3. The summed E-state index contributed by atoms with van der Waals surface area (Å²) >= 11 is 0. The third-order valence-corrected chi connectivity index (χ3v) is 2.42. The summed E-state index contributed by atoms with van der Waals surface area (Å²) in [5.41, 5.74) is -0.339. The Kier molecular flexibility index (Phi) is 4.99. The zero-order valence-corrected chi connectivity index (χ0v) is 11.1. The fraction of sp³-hybridized carbons (Fsp3) is 0.462. The molecule has 1 rings (SSSR count). The van der Waals surface area contributed by atoms with Crippen molar-refractivity contribution in [3.63, 3.8) is 0 Å². The van der Waals surface area contributed by atoms with Crippen molar-refractivity contribution >= 4 is 5.91 Å². The van der Waals surface area contributed by atoms with Gasteiger partial charge in [-0.1, -0.05) is 12.1 Å². The van der Waals surface area contributed by atoms with E-state index in [1.165, 1.54) is 12.1 Å². The van der Waals surface area contributed by atoms with E-state index < -0.39 is 30.8 Å². The van der Waals surface area contributed by atoms with Crippen molar-refractivity contribution in [3.05, 3.63) is 29.8 Å². The Labute approximate surface area is 114 Å². The van der Waals surface area contributed by atoms with E-state index in [-0.39, 0.29) is 0 Å². The van der Waals surface area contributed by atoms with E-state index in [4.69, 9.17) is 4.74 Å². The summed E-state index contributed by atoms with van der Waals surface area (Å²) in [5, 5.41) is 11.4. The number of benzene rings is 1. The van der Waals surface area contributed by atoms with Crippen molar-refractivity contribution in [2.24, 2.45) is 0 Å². The van der Waals surface area contributed by atoms with Gasteiger partial charge in [0.2, 0.25) is 0 Å². The van der Waals surface area contributed by atoms with Gasteiger partial charge in [0.15, 0.2) is 6.61 Å². The van der Waals surface area contributed by atoms with Crippen molar-refractivity contribution in [3.8, 4) is 5.75 Å². The van der Waals surface area contributed by atoms with E-state index in [1.54, 1.807) is 31.3 Å². The van der Waals surface area contributed by atoms with Gasteiger partial charge in [0.05, 0.1) is 5.60 Å². The highest BCUT2D eigenvalue weighted by molar-refractivity contribution is 5.77. The van der Waals surface area contributed by atoms with Crippen LogP contribution in [0.5, 0.6) is 5.75 Å². The Morgan fingerprint density at radius 3 is 2.25 bits per heavy atom. The summed E-state index contributed by atoms with van der Waals surface area (Å²) in [6, 6.07) is 6.29. The Morgan fingerprint density at radius 2 is 1.80 bits per heavy atom. The molecule has 0 bridgehead atoms. The minimum Gasteiger partial charge on any atom is -0.484 e. The van der Waals surface area contributed by atoms with Gasteiger partial charge in [-0.05, 0) is 31.5 Å². The standard InChI is InChI=1S/C13H16F3NO3/c1-12(2,19)9-3-5-10(6-4-9)20-7-11(18)17-8-13(14,15)16/h3-6,19H,7-8H2,1-2H3,(H,17,18). The molecular weight excluding hydrogens is 275 g/mol. The van der Waals surface area contributed by atoms with Crippen LogP contribution in [0.25, 0.3) is 0 Å². The summed E-state index contributed by atoms with van der Waals surface area (Å²) in [5.74, 6) is -0.519. The first-order valence-corrected chi connectivity index (χ1v) is 5.87. The minimum absolute atomic E-state index is 0.333. The van der Waals surface area contributed by atoms with Crippen molar-refractivity contribution in [2.75, 3.05) is 13.2 Å². The van der Waals surface area contributed by atoms with Crippen LogP contribution < -0.4 is 10.1 Å². The summed E-state index contributed by atoms with van der Waals surface area (Å²) in [6.45, 7) is 1.35. The van der Waals surface area contributed by atoms with Crippen LogP contribution in [0, 0.1) is 0 Å². The molecule has 0 radical (unpaired) electrons. The molecule has 0 aliphatic rings. The molecule has 4 nitrogen and oxygen atoms in total. The van der Waals surface area contributed by atoms with Crippen LogP contribution in [0.3, 0.4) is 0 Å². The van der Waals surface area contributed by atoms with Gasteiger partial charge in [0.25, 0.3) is 5.91 Å². The lowest BCUT2D eigenvalue weighted by atomic mass is 9.99. The number of halogens is 3. The lowest BCUT2D eigenvalue weighted by molar-refractivity contribution is -0.139. The fourth-order valence-corrected chi connectivity index (χ4v) is 1.36. The molecule has 0 spiro atoms. The van der Waals surface area contributed by atoms with Crippen molar-refractivity contribution in [2.45, 2.75) is 25.6 Å². The number of rotatable bonds is 5. The van der Waals surface area contributed by atoms with Crippen LogP contribution in [-0.2, 0) is 10.4 Å². The van der Waals surface area contributed by atoms with Crippen LogP contribution in [0.2, 0.25) is 0 Å². The number of amides is 1. The molecule has 0 saturated heterocycles. The van der Waals surface area contributed by atoms with Crippen LogP contribution >= 0.6 is 0 Å². The summed E-state index contributed by atoms with van der Waals surface area (Å²) < 4.78 is 40.6. The number of ether oxygens (including phenoxy) is 1. The van der Waals surface area contributed by atoms with Gasteiger partial charge in [-0.3, -0.25) is 4.79 Å². The zero-order chi connectivity index (χ0) is 15.4. The van der Waals surface area contributed by atoms with Gasteiger partial charge in [-0.2, -0.15) is 13.2 Å². The monoisotopic (exact) mass is 291 g/mol. The predicted molar refractivity (Wildman–Crippen MR) is 66.2 cm³/mol. The fourth-order valence-electron chi connectivity index (χ4n) is 1.36. The molecular formula is C13H16F3NO3. The second-order valence-corrected chi connectivity index (χ2v) is 4.76. The molecule has 1 aromatic carbocycles. The van der Waals surface area contributed by atoms with Crippen LogP contribution in [0.1, 0.15) is 19.4 Å². The second-order valence-electron chi connectivity index (χ2n) is 4.76. The van der Waals surface area contributed by atoms with Gasteiger partial charge in [0, 0.05) is 0 Å². The Morgan fingerprint density at radius 1 is 1.25 bits per heavy atom. The molecule has 0 unspecified atom stereocenters. The lowest BCUT2D eigenvalue weighted by Gasteiger charge is -2.17. The SMILES string of the molecule is CC(C)(O)c1ccc(OCC(=O)NCC(F)(F)F)cc1. The Balaban J connectivity index is 2.44. The van der Waals surface area contributed by atoms with Crippen LogP contribution in [0.15, 0.2) is 24.3 Å². The highest BCUT2D eigenvalue weighted by atomic mass is 19.4. The van der Waals surface area contributed by atoms with E-state index in [0.29, 0.717) is 11.3 Å². The zero-order valence-electron chi connectivity index (χ0n) is 11.1. The van der Waals surface area contributed by atoms with E-state index in [1.807, 2.05) is 0 Å². The molecule has 112 valence electrons. The van der Waals surface area contributed by atoms with Crippen LogP contribution in [0.4, 0.5) is 13.2 Å². The summed E-state index contributed by atoms with van der Waals surface area (Å²) in [7, 11) is 0. The molecule has 0 aliphatic heterocycles. The highest BCUT2D eigenvalue weighted by Crippen LogP contribution is 2.22. The molecule has 2 N–H and O–H groups in total. The molecule has 7 heteroatoms. The van der Waals surface area contributed by atoms with Crippen molar-refractivity contribution < 1.29 is 27.8 Å². The third-order valence-electron chi connectivity index (χ3n) is 2.42. The maximum Gasteiger partial charge on any atom is 0.405 e. The maximum absolute atomic E-state index is 11.9. The first-order chi connectivity index (χ1) is 9.08. The van der Waals surface area contributed by atoms with E-state index >= 15 is 0 Å². The number of alkyl halides is 3. The molecule has 0 heterocycles. The predicted octanol–water partition coefficient (Wildman–Crippen LogP) is 1.97. The van der Waals surface area contributed by atoms with Gasteiger partial charge < -0.3 is 15.2 Å². The minimum atomic E-state index is -4.44. The second kappa shape index (κ2) is 6.13. The largest absolute Gasteiger partial charge is 0.484 e. The maximum atomic E-state index is 11.9. The Bertz CT molecular complexity index is 449. The van der Waals surface area contributed by atoms with Gasteiger partial charge in [0.1, 0.15) is 12.3 Å². The average molecular weight is 291 g/mol. The highest BCUT2D eigenvalue weighted by Gasteiger charge is 2.27. The summed E-state index contributed by atoms with van der Waals surface area (Å²) in [6.07, 6.45) is -4.44. The summed E-state index contributed by atoms with van der Waals surface area (Å²) in [4.78, 5) is 11.1. The number of aliphatic hydroxyl groups is 1. The molecule has 0 saturated carbocycles. The van der Waals surface area contributed by atoms with Gasteiger partial charge in [-0.25, -0.2) is 0 Å². The van der Waals surface area contributed by atoms with E-state index in [0.717, 1.165) is 0 Å². The van der Waals surface area contributed by atoms with E-state index in [2.05, 4.69) is 0 Å².